The molecule has 1 aliphatic heterocycles. The highest BCUT2D eigenvalue weighted by Gasteiger charge is 2.50. The number of benzene rings is 4. The van der Waals surface area contributed by atoms with Gasteiger partial charge in [0.2, 0.25) is 12.2 Å². The summed E-state index contributed by atoms with van der Waals surface area (Å²) in [5, 5.41) is 3.65. The molecule has 0 aromatic heterocycles. The van der Waals surface area contributed by atoms with Crippen molar-refractivity contribution in [3.05, 3.63) is 98.1 Å². The van der Waals surface area contributed by atoms with Crippen LogP contribution in [0, 0.1) is 0 Å². The van der Waals surface area contributed by atoms with Gasteiger partial charge in [0, 0.05) is 19.2 Å². The molecule has 0 spiro atoms. The predicted octanol–water partition coefficient (Wildman–Crippen LogP) is 7.52. The number of imide groups is 1. The number of hydrogen-bond donors (Lipinski definition) is 0. The van der Waals surface area contributed by atoms with Crippen molar-refractivity contribution in [3.8, 4) is 23.0 Å². The molecule has 11 heteroatoms. The molecule has 1 aliphatic rings. The number of likely N-dealkylation sites (N-methyl/N-ethyl adjacent to an activating group) is 1. The predicted molar refractivity (Wildman–Crippen MR) is 205 cm³/mol. The van der Waals surface area contributed by atoms with Gasteiger partial charge in [0.05, 0.1) is 26.4 Å². The Kier molecular flexibility index (Phi) is 14.5. The lowest BCUT2D eigenvalue weighted by Gasteiger charge is -2.19. The molecule has 5 rings (SSSR count). The standard InChI is InChI=1S/C43H47NO10/c1-4-38(45)51-24-12-8-6-10-22-49-34-18-14-32-28-36(20-16-30(32)26-34)53-40-41(43(48)44(3)42(40)47)54-37-21-17-31-27-35(19-15-33(31)29-37)50-23-11-7-9-13-25-52-39(46)5-2/h4-5,14-21,26-29,40-41H,1-2,6-13,22-25H2,3H3/t40-,41-/m1/s1. The van der Waals surface area contributed by atoms with Gasteiger partial charge in [-0.15, -0.1) is 0 Å². The summed E-state index contributed by atoms with van der Waals surface area (Å²) >= 11 is 0. The van der Waals surface area contributed by atoms with E-state index in [0.717, 1.165) is 101 Å². The molecule has 54 heavy (non-hydrogen) atoms. The summed E-state index contributed by atoms with van der Waals surface area (Å²) in [7, 11) is 1.43. The second-order valence-electron chi connectivity index (χ2n) is 12.9. The molecular weight excluding hydrogens is 690 g/mol. The van der Waals surface area contributed by atoms with Crippen LogP contribution in [0.3, 0.4) is 0 Å². The minimum Gasteiger partial charge on any atom is -0.494 e. The van der Waals surface area contributed by atoms with Crippen LogP contribution in [-0.2, 0) is 28.7 Å². The van der Waals surface area contributed by atoms with Gasteiger partial charge in [-0.1, -0.05) is 37.4 Å². The van der Waals surface area contributed by atoms with Crippen LogP contribution < -0.4 is 18.9 Å². The van der Waals surface area contributed by atoms with Gasteiger partial charge in [0.1, 0.15) is 23.0 Å². The number of carbonyl (C=O) groups is 4. The van der Waals surface area contributed by atoms with Gasteiger partial charge in [0.25, 0.3) is 11.8 Å². The number of fused-ring (bicyclic) bond motifs is 2. The molecule has 0 bridgehead atoms. The Labute approximate surface area is 315 Å². The quantitative estimate of drug-likeness (QED) is 0.0346. The molecule has 2 amide bonds. The summed E-state index contributed by atoms with van der Waals surface area (Å²) in [6.45, 7) is 8.69. The molecule has 0 radical (unpaired) electrons. The van der Waals surface area contributed by atoms with Gasteiger partial charge in [-0.05, 0) is 121 Å². The van der Waals surface area contributed by atoms with Gasteiger partial charge in [-0.3, -0.25) is 14.5 Å². The Bertz CT molecular complexity index is 1820. The fourth-order valence-electron chi connectivity index (χ4n) is 5.96. The lowest BCUT2D eigenvalue weighted by molar-refractivity contribution is -0.140. The van der Waals surface area contributed by atoms with E-state index in [0.29, 0.717) is 37.9 Å². The first-order valence-electron chi connectivity index (χ1n) is 18.3. The summed E-state index contributed by atoms with van der Waals surface area (Å²) < 4.78 is 34.1. The van der Waals surface area contributed by atoms with Crippen molar-refractivity contribution in [2.24, 2.45) is 0 Å². The molecule has 0 aliphatic carbocycles. The third kappa shape index (κ3) is 11.1. The SMILES string of the molecule is C=CC(=O)OCCCCCCOc1ccc2cc(O[C@H]3C(=O)N(C)C(=O)[C@@H]3Oc3ccc4cc(OCCCCCCOC(=O)C=C)ccc4c3)ccc2c1. The van der Waals surface area contributed by atoms with Crippen LogP contribution in [0.4, 0.5) is 0 Å². The van der Waals surface area contributed by atoms with Gasteiger partial charge >= 0.3 is 11.9 Å². The smallest absolute Gasteiger partial charge is 0.330 e. The lowest BCUT2D eigenvalue weighted by atomic mass is 10.1. The number of carbonyl (C=O) groups excluding carboxylic acids is 4. The van der Waals surface area contributed by atoms with Crippen LogP contribution >= 0.6 is 0 Å². The highest BCUT2D eigenvalue weighted by atomic mass is 16.6. The zero-order valence-electron chi connectivity index (χ0n) is 30.7. The van der Waals surface area contributed by atoms with E-state index >= 15 is 0 Å². The first-order valence-corrected chi connectivity index (χ1v) is 18.3. The molecular formula is C43H47NO10. The maximum absolute atomic E-state index is 13.2. The fraction of sp³-hybridized carbons (Fsp3) is 0.349. The van der Waals surface area contributed by atoms with Crippen molar-refractivity contribution in [3.63, 3.8) is 0 Å². The van der Waals surface area contributed by atoms with Crippen molar-refractivity contribution in [2.45, 2.75) is 63.6 Å². The number of nitrogens with zero attached hydrogens (tertiary/aromatic N) is 1. The minimum atomic E-state index is -1.16. The Hall–Kier alpha value is -5.84. The maximum Gasteiger partial charge on any atom is 0.330 e. The van der Waals surface area contributed by atoms with E-state index in [-0.39, 0.29) is 0 Å². The largest absolute Gasteiger partial charge is 0.494 e. The number of rotatable bonds is 22. The minimum absolute atomic E-state index is 0.393. The second kappa shape index (κ2) is 19.8. The van der Waals surface area contributed by atoms with E-state index in [1.807, 2.05) is 60.7 Å². The molecule has 11 nitrogen and oxygen atoms in total. The number of esters is 2. The molecule has 1 heterocycles. The van der Waals surface area contributed by atoms with E-state index in [2.05, 4.69) is 13.2 Å². The van der Waals surface area contributed by atoms with E-state index < -0.39 is 36.0 Å². The average molecular weight is 738 g/mol. The van der Waals surface area contributed by atoms with E-state index in [1.54, 1.807) is 12.1 Å². The maximum atomic E-state index is 13.2. The number of amides is 2. The number of unbranched alkanes of at least 4 members (excludes halogenated alkanes) is 6. The number of hydrogen-bond acceptors (Lipinski definition) is 10. The van der Waals surface area contributed by atoms with Gasteiger partial charge in [-0.2, -0.15) is 0 Å². The Morgan fingerprint density at radius 3 is 1.24 bits per heavy atom. The van der Waals surface area contributed by atoms with Crippen LogP contribution in [0.5, 0.6) is 23.0 Å². The van der Waals surface area contributed by atoms with Gasteiger partial charge < -0.3 is 28.4 Å². The molecule has 0 unspecified atom stereocenters. The van der Waals surface area contributed by atoms with Crippen molar-refractivity contribution >= 4 is 45.3 Å². The average Bonchev–Trinajstić information content (AvgIpc) is 3.38. The monoisotopic (exact) mass is 737 g/mol. The normalized spacial score (nSPS) is 15.2. The summed E-state index contributed by atoms with van der Waals surface area (Å²) in [5.41, 5.74) is 0. The van der Waals surface area contributed by atoms with Crippen molar-refractivity contribution < 1.29 is 47.6 Å². The van der Waals surface area contributed by atoms with Crippen LogP contribution in [0.2, 0.25) is 0 Å². The highest BCUT2D eigenvalue weighted by molar-refractivity contribution is 6.08. The zero-order chi connectivity index (χ0) is 38.3. The summed E-state index contributed by atoms with van der Waals surface area (Å²) in [6, 6.07) is 22.5. The van der Waals surface area contributed by atoms with Crippen LogP contribution in [0.1, 0.15) is 51.4 Å². The molecule has 0 saturated carbocycles. The van der Waals surface area contributed by atoms with Crippen molar-refractivity contribution in [2.75, 3.05) is 33.5 Å². The molecule has 4 aromatic carbocycles. The lowest BCUT2D eigenvalue weighted by Crippen LogP contribution is -2.39. The summed E-state index contributed by atoms with van der Waals surface area (Å²) in [4.78, 5) is 49.5. The third-order valence-electron chi connectivity index (χ3n) is 8.95. The third-order valence-corrected chi connectivity index (χ3v) is 8.95. The summed E-state index contributed by atoms with van der Waals surface area (Å²) in [5.74, 6) is 0.603. The van der Waals surface area contributed by atoms with Gasteiger partial charge in [0.15, 0.2) is 0 Å². The van der Waals surface area contributed by atoms with E-state index in [9.17, 15) is 19.2 Å². The van der Waals surface area contributed by atoms with E-state index in [1.165, 1.54) is 7.05 Å². The Morgan fingerprint density at radius 2 is 0.870 bits per heavy atom. The fourth-order valence-corrected chi connectivity index (χ4v) is 5.96. The first-order chi connectivity index (χ1) is 26.2. The Morgan fingerprint density at radius 1 is 0.537 bits per heavy atom. The highest BCUT2D eigenvalue weighted by Crippen LogP contribution is 2.31. The molecule has 284 valence electrons. The zero-order valence-corrected chi connectivity index (χ0v) is 30.7. The van der Waals surface area contributed by atoms with Crippen LogP contribution in [0.25, 0.3) is 21.5 Å². The van der Waals surface area contributed by atoms with Crippen molar-refractivity contribution in [1.82, 2.24) is 4.90 Å². The van der Waals surface area contributed by atoms with Crippen molar-refractivity contribution in [1.29, 1.82) is 0 Å². The molecule has 1 fully saturated rings. The van der Waals surface area contributed by atoms with Crippen LogP contribution in [-0.4, -0.2) is 74.3 Å². The number of likely N-dealkylation sites (tertiary alicyclic amines) is 1. The van der Waals surface area contributed by atoms with Gasteiger partial charge in [-0.25, -0.2) is 9.59 Å². The van der Waals surface area contributed by atoms with Crippen LogP contribution in [0.15, 0.2) is 98.1 Å². The molecule has 2 atom stereocenters. The molecule has 0 N–H and O–H groups in total. The number of ether oxygens (including phenoxy) is 6. The first kappa shape index (κ1) is 39.4. The molecule has 4 aromatic rings. The molecule has 1 saturated heterocycles. The second-order valence-corrected chi connectivity index (χ2v) is 12.9. The van der Waals surface area contributed by atoms with E-state index in [4.69, 9.17) is 28.4 Å². The topological polar surface area (TPSA) is 127 Å². The Balaban J connectivity index is 1.11. The summed E-state index contributed by atoms with van der Waals surface area (Å²) in [6.07, 6.45) is 7.16.